The Hall–Kier alpha value is -3.14. The van der Waals surface area contributed by atoms with Crippen molar-refractivity contribution in [3.63, 3.8) is 0 Å². The number of fused-ring (bicyclic) bond motifs is 1. The SMILES string of the molecule is Cc1nc([C@@H]2O[C@H](CO)[C@H](O)[C@H](n3cc(-c4ccc(Br)c(F)c4)nn3)[C@H]2O)n(-c2ccc3nc(C)sc3c2)n1. The van der Waals surface area contributed by atoms with Gasteiger partial charge in [0.1, 0.15) is 47.8 Å². The Morgan fingerprint density at radius 1 is 1.10 bits per heavy atom. The van der Waals surface area contributed by atoms with Crippen molar-refractivity contribution in [2.75, 3.05) is 6.61 Å². The molecule has 0 unspecified atom stereocenters. The first-order valence-corrected chi connectivity index (χ1v) is 13.6. The van der Waals surface area contributed by atoms with E-state index in [9.17, 15) is 19.7 Å². The van der Waals surface area contributed by atoms with Crippen molar-refractivity contribution < 1.29 is 24.4 Å². The average molecular weight is 616 g/mol. The molecule has 14 heteroatoms. The van der Waals surface area contributed by atoms with Gasteiger partial charge < -0.3 is 20.1 Å². The molecule has 5 atom stereocenters. The number of aryl methyl sites for hydroxylation is 2. The van der Waals surface area contributed by atoms with Gasteiger partial charge in [0.05, 0.1) is 38.2 Å². The van der Waals surface area contributed by atoms with Crippen LogP contribution in [-0.4, -0.2) is 75.0 Å². The van der Waals surface area contributed by atoms with Gasteiger partial charge in [0.25, 0.3) is 0 Å². The van der Waals surface area contributed by atoms with Gasteiger partial charge in [-0.2, -0.15) is 5.10 Å². The van der Waals surface area contributed by atoms with Crippen molar-refractivity contribution in [3.8, 4) is 16.9 Å². The maximum atomic E-state index is 14.1. The minimum absolute atomic E-state index is 0.297. The Kier molecular flexibility index (Phi) is 6.77. The van der Waals surface area contributed by atoms with Gasteiger partial charge in [0.2, 0.25) is 0 Å². The van der Waals surface area contributed by atoms with Crippen molar-refractivity contribution in [1.82, 2.24) is 34.7 Å². The number of hydrogen-bond acceptors (Lipinski definition) is 10. The topological polar surface area (TPSA) is 144 Å². The monoisotopic (exact) mass is 615 g/mol. The molecule has 0 spiro atoms. The minimum atomic E-state index is -1.35. The molecule has 1 saturated heterocycles. The summed E-state index contributed by atoms with van der Waals surface area (Å²) in [6.45, 7) is 3.14. The standard InChI is InChI=1S/C25H23BrFN7O4S/c1-11-28-25(34(31-11)14-4-6-17-20(8-14)39-12(2)29-17)24-23(37)21(22(36)19(10-35)38-24)33-9-18(30-32-33)13-3-5-15(26)16(27)7-13/h3-9,19,21-24,35-37H,10H2,1-2H3/t19-,21+,22+,23-,24-/m1/s1. The van der Waals surface area contributed by atoms with E-state index in [1.807, 2.05) is 25.1 Å². The van der Waals surface area contributed by atoms with Crippen LogP contribution in [0.3, 0.4) is 0 Å². The molecule has 0 amide bonds. The van der Waals surface area contributed by atoms with Crippen LogP contribution >= 0.6 is 27.3 Å². The third-order valence-corrected chi connectivity index (χ3v) is 8.22. The smallest absolute Gasteiger partial charge is 0.164 e. The maximum Gasteiger partial charge on any atom is 0.164 e. The van der Waals surface area contributed by atoms with Crippen LogP contribution in [0.1, 0.15) is 28.8 Å². The number of ether oxygens (including phenoxy) is 1. The zero-order valence-electron chi connectivity index (χ0n) is 20.7. The second kappa shape index (κ2) is 10.1. The fraction of sp³-hybridized carbons (Fsp3) is 0.320. The average Bonchev–Trinajstić information content (AvgIpc) is 3.63. The van der Waals surface area contributed by atoms with E-state index in [1.54, 1.807) is 35.1 Å². The summed E-state index contributed by atoms with van der Waals surface area (Å²) in [5.74, 6) is 0.283. The molecule has 0 bridgehead atoms. The molecule has 11 nitrogen and oxygen atoms in total. The van der Waals surface area contributed by atoms with Crippen LogP contribution in [0.5, 0.6) is 0 Å². The van der Waals surface area contributed by atoms with Gasteiger partial charge >= 0.3 is 0 Å². The Morgan fingerprint density at radius 3 is 2.69 bits per heavy atom. The largest absolute Gasteiger partial charge is 0.394 e. The number of aromatic nitrogens is 7. The molecule has 0 radical (unpaired) electrons. The van der Waals surface area contributed by atoms with E-state index in [0.717, 1.165) is 15.2 Å². The molecule has 6 rings (SSSR count). The van der Waals surface area contributed by atoms with Crippen LogP contribution in [0.2, 0.25) is 0 Å². The summed E-state index contributed by atoms with van der Waals surface area (Å²) in [5.41, 5.74) is 2.37. The second-order valence-electron chi connectivity index (χ2n) is 9.28. The Bertz CT molecular complexity index is 1670. The van der Waals surface area contributed by atoms with E-state index in [4.69, 9.17) is 4.74 Å². The fourth-order valence-electron chi connectivity index (χ4n) is 4.80. The van der Waals surface area contributed by atoms with Crippen LogP contribution < -0.4 is 0 Å². The lowest BCUT2D eigenvalue weighted by molar-refractivity contribution is -0.210. The summed E-state index contributed by atoms with van der Waals surface area (Å²) in [6.07, 6.45) is -3.30. The van der Waals surface area contributed by atoms with Crippen LogP contribution in [0.15, 0.2) is 47.1 Å². The third kappa shape index (κ3) is 4.66. The van der Waals surface area contributed by atoms with E-state index in [1.165, 1.54) is 16.9 Å². The van der Waals surface area contributed by atoms with Gasteiger partial charge in [0, 0.05) is 5.56 Å². The molecule has 202 valence electrons. The zero-order valence-corrected chi connectivity index (χ0v) is 23.1. The van der Waals surface area contributed by atoms with Crippen molar-refractivity contribution in [2.45, 2.75) is 44.3 Å². The minimum Gasteiger partial charge on any atom is -0.394 e. The van der Waals surface area contributed by atoms with Gasteiger partial charge in [-0.15, -0.1) is 16.4 Å². The fourth-order valence-corrected chi connectivity index (χ4v) is 5.91. The molecule has 4 heterocycles. The van der Waals surface area contributed by atoms with E-state index >= 15 is 0 Å². The lowest BCUT2D eigenvalue weighted by Crippen LogP contribution is -2.53. The number of aliphatic hydroxyl groups excluding tert-OH is 3. The molecule has 1 aliphatic heterocycles. The quantitative estimate of drug-likeness (QED) is 0.272. The molecule has 3 aromatic heterocycles. The van der Waals surface area contributed by atoms with Crippen molar-refractivity contribution >= 4 is 37.5 Å². The summed E-state index contributed by atoms with van der Waals surface area (Å²) in [5, 5.41) is 46.3. The number of hydrogen-bond donors (Lipinski definition) is 3. The molecule has 0 saturated carbocycles. The highest BCUT2D eigenvalue weighted by Gasteiger charge is 2.48. The van der Waals surface area contributed by atoms with E-state index < -0.39 is 42.9 Å². The van der Waals surface area contributed by atoms with Gasteiger partial charge in [-0.25, -0.2) is 23.7 Å². The summed E-state index contributed by atoms with van der Waals surface area (Å²) in [7, 11) is 0. The summed E-state index contributed by atoms with van der Waals surface area (Å²) in [4.78, 5) is 9.04. The van der Waals surface area contributed by atoms with Crippen LogP contribution in [0.25, 0.3) is 27.2 Å². The highest BCUT2D eigenvalue weighted by molar-refractivity contribution is 9.10. The molecule has 2 aromatic carbocycles. The molecular weight excluding hydrogens is 593 g/mol. The summed E-state index contributed by atoms with van der Waals surface area (Å²) >= 11 is 4.68. The number of halogens is 2. The van der Waals surface area contributed by atoms with E-state index in [0.29, 0.717) is 33.1 Å². The Labute approximate surface area is 233 Å². The molecule has 1 aliphatic rings. The number of rotatable bonds is 5. The van der Waals surface area contributed by atoms with Gasteiger partial charge in [-0.1, -0.05) is 11.3 Å². The molecule has 1 fully saturated rings. The van der Waals surface area contributed by atoms with E-state index in [2.05, 4.69) is 41.3 Å². The van der Waals surface area contributed by atoms with Gasteiger partial charge in [-0.05, 0) is 60.1 Å². The normalized spacial score (nSPS) is 23.5. The van der Waals surface area contributed by atoms with Gasteiger partial charge in [-0.3, -0.25) is 0 Å². The lowest BCUT2D eigenvalue weighted by atomic mass is 9.92. The lowest BCUT2D eigenvalue weighted by Gasteiger charge is -2.41. The van der Waals surface area contributed by atoms with Crippen molar-refractivity contribution in [1.29, 1.82) is 0 Å². The number of aliphatic hydroxyl groups is 3. The van der Waals surface area contributed by atoms with Crippen LogP contribution in [0.4, 0.5) is 4.39 Å². The Morgan fingerprint density at radius 2 is 1.92 bits per heavy atom. The van der Waals surface area contributed by atoms with Gasteiger partial charge in [0.15, 0.2) is 5.82 Å². The van der Waals surface area contributed by atoms with Crippen molar-refractivity contribution in [2.24, 2.45) is 0 Å². The summed E-state index contributed by atoms with van der Waals surface area (Å²) < 4.78 is 24.3. The first kappa shape index (κ1) is 26.1. The molecule has 39 heavy (non-hydrogen) atoms. The van der Waals surface area contributed by atoms with Crippen molar-refractivity contribution in [3.05, 3.63) is 69.5 Å². The molecule has 0 aliphatic carbocycles. The second-order valence-corrected chi connectivity index (χ2v) is 11.4. The molecular formula is C25H23BrFN7O4S. The first-order chi connectivity index (χ1) is 18.7. The van der Waals surface area contributed by atoms with Crippen LogP contribution in [0, 0.1) is 19.7 Å². The first-order valence-electron chi connectivity index (χ1n) is 12.0. The highest BCUT2D eigenvalue weighted by Crippen LogP contribution is 2.39. The van der Waals surface area contributed by atoms with E-state index in [-0.39, 0.29) is 0 Å². The molecule has 3 N–H and O–H groups in total. The number of nitrogens with zero attached hydrogens (tertiary/aromatic N) is 7. The third-order valence-electron chi connectivity index (χ3n) is 6.64. The highest BCUT2D eigenvalue weighted by atomic mass is 79.9. The summed E-state index contributed by atoms with van der Waals surface area (Å²) in [6, 6.07) is 9.15. The molecule has 5 aromatic rings. The Balaban J connectivity index is 1.38. The maximum absolute atomic E-state index is 14.1. The predicted molar refractivity (Wildman–Crippen MR) is 143 cm³/mol. The number of benzene rings is 2. The van der Waals surface area contributed by atoms with Crippen LogP contribution in [-0.2, 0) is 4.74 Å². The predicted octanol–water partition coefficient (Wildman–Crippen LogP) is 3.05. The number of thiazole rings is 1. The zero-order chi connectivity index (χ0) is 27.4.